The summed E-state index contributed by atoms with van der Waals surface area (Å²) in [4.78, 5) is 4.44. The van der Waals surface area contributed by atoms with E-state index >= 15 is 0 Å². The molecule has 0 bridgehead atoms. The molecule has 0 aliphatic heterocycles. The van der Waals surface area contributed by atoms with Crippen molar-refractivity contribution < 1.29 is 0 Å². The summed E-state index contributed by atoms with van der Waals surface area (Å²) >= 11 is 10.5. The maximum Gasteiger partial charge on any atom is 0.113 e. The Labute approximate surface area is 81.3 Å². The first-order valence-corrected chi connectivity index (χ1v) is 4.04. The zero-order chi connectivity index (χ0) is 8.97. The number of hydrogen-bond acceptors (Lipinski definition) is 2. The summed E-state index contributed by atoms with van der Waals surface area (Å²) in [7, 11) is 0. The fourth-order valence-electron chi connectivity index (χ4n) is 0.692. The third-order valence-electron chi connectivity index (χ3n) is 1.17. The second kappa shape index (κ2) is 4.18. The van der Waals surface area contributed by atoms with E-state index in [1.54, 1.807) is 18.5 Å². The van der Waals surface area contributed by atoms with Crippen LogP contribution in [0.3, 0.4) is 0 Å². The van der Waals surface area contributed by atoms with E-state index in [1.165, 1.54) is 0 Å². The standard InChI is InChI=1S/C8H7ClN2S/c1-6(9)11-8(12)7-3-2-4-10-5-7/h2-5H,1H2,(H,11,12). The highest BCUT2D eigenvalue weighted by Gasteiger charge is 1.99. The minimum absolute atomic E-state index is 0.309. The van der Waals surface area contributed by atoms with Crippen LogP contribution in [0.5, 0.6) is 0 Å². The molecule has 0 aliphatic carbocycles. The average Bonchev–Trinajstić information content (AvgIpc) is 2.05. The molecule has 0 radical (unpaired) electrons. The number of thiocarbonyl (C=S) groups is 1. The quantitative estimate of drug-likeness (QED) is 0.582. The van der Waals surface area contributed by atoms with Crippen molar-refractivity contribution >= 4 is 28.8 Å². The molecule has 62 valence electrons. The zero-order valence-corrected chi connectivity index (χ0v) is 7.82. The third-order valence-corrected chi connectivity index (χ3v) is 1.61. The van der Waals surface area contributed by atoms with Crippen LogP contribution in [0.25, 0.3) is 0 Å². The summed E-state index contributed by atoms with van der Waals surface area (Å²) in [6.45, 7) is 3.47. The highest BCUT2D eigenvalue weighted by Crippen LogP contribution is 1.99. The summed E-state index contributed by atoms with van der Waals surface area (Å²) in [6, 6.07) is 3.66. The summed E-state index contributed by atoms with van der Waals surface area (Å²) in [5.74, 6) is 0. The lowest BCUT2D eigenvalue weighted by Gasteiger charge is -2.03. The van der Waals surface area contributed by atoms with Gasteiger partial charge in [-0.05, 0) is 12.1 Å². The molecule has 0 unspecified atom stereocenters. The molecule has 1 N–H and O–H groups in total. The molecule has 0 aliphatic rings. The van der Waals surface area contributed by atoms with E-state index in [0.29, 0.717) is 10.1 Å². The van der Waals surface area contributed by atoms with E-state index in [2.05, 4.69) is 16.9 Å². The molecule has 1 aromatic rings. The van der Waals surface area contributed by atoms with Crippen LogP contribution in [0, 0.1) is 0 Å². The van der Waals surface area contributed by atoms with E-state index < -0.39 is 0 Å². The summed E-state index contributed by atoms with van der Waals surface area (Å²) in [5, 5.41) is 3.03. The highest BCUT2D eigenvalue weighted by atomic mass is 35.5. The van der Waals surface area contributed by atoms with Gasteiger partial charge in [-0.25, -0.2) is 0 Å². The minimum atomic E-state index is 0.309. The lowest BCUT2D eigenvalue weighted by Crippen LogP contribution is -2.18. The van der Waals surface area contributed by atoms with Crippen LogP contribution in [-0.4, -0.2) is 9.97 Å². The molecule has 12 heavy (non-hydrogen) atoms. The van der Waals surface area contributed by atoms with Gasteiger partial charge in [0.25, 0.3) is 0 Å². The van der Waals surface area contributed by atoms with Crippen molar-refractivity contribution in [2.75, 3.05) is 0 Å². The lowest BCUT2D eigenvalue weighted by atomic mass is 10.3. The summed E-state index contributed by atoms with van der Waals surface area (Å²) in [5.41, 5.74) is 0.828. The van der Waals surface area contributed by atoms with Crippen LogP contribution in [0.4, 0.5) is 0 Å². The lowest BCUT2D eigenvalue weighted by molar-refractivity contribution is 1.25. The molecule has 1 rings (SSSR count). The molecule has 0 amide bonds. The van der Waals surface area contributed by atoms with Gasteiger partial charge in [0.2, 0.25) is 0 Å². The third kappa shape index (κ3) is 2.60. The fourth-order valence-corrected chi connectivity index (χ4v) is 1.09. The van der Waals surface area contributed by atoms with Crippen molar-refractivity contribution in [1.29, 1.82) is 0 Å². The Bertz CT molecular complexity index is 297. The Morgan fingerprint density at radius 2 is 2.42 bits per heavy atom. The van der Waals surface area contributed by atoms with Crippen LogP contribution < -0.4 is 5.32 Å². The van der Waals surface area contributed by atoms with Crippen molar-refractivity contribution in [3.8, 4) is 0 Å². The van der Waals surface area contributed by atoms with Gasteiger partial charge in [-0.3, -0.25) is 4.98 Å². The molecular weight excluding hydrogens is 192 g/mol. The van der Waals surface area contributed by atoms with Gasteiger partial charge < -0.3 is 5.32 Å². The average molecular weight is 199 g/mol. The Kier molecular flexibility index (Phi) is 3.19. The molecule has 0 spiro atoms. The summed E-state index contributed by atoms with van der Waals surface area (Å²) < 4.78 is 0. The topological polar surface area (TPSA) is 24.9 Å². The van der Waals surface area contributed by atoms with Crippen molar-refractivity contribution in [2.45, 2.75) is 0 Å². The van der Waals surface area contributed by atoms with Gasteiger partial charge >= 0.3 is 0 Å². The second-order valence-corrected chi connectivity index (χ2v) is 2.97. The predicted octanol–water partition coefficient (Wildman–Crippen LogP) is 2.06. The van der Waals surface area contributed by atoms with E-state index in [4.69, 9.17) is 23.8 Å². The van der Waals surface area contributed by atoms with Gasteiger partial charge in [-0.1, -0.05) is 30.4 Å². The molecule has 1 aromatic heterocycles. The minimum Gasteiger partial charge on any atom is -0.337 e. The van der Waals surface area contributed by atoms with Gasteiger partial charge in [0.15, 0.2) is 0 Å². The molecule has 4 heteroatoms. The number of aromatic nitrogens is 1. The van der Waals surface area contributed by atoms with Gasteiger partial charge in [-0.2, -0.15) is 0 Å². The van der Waals surface area contributed by atoms with E-state index in [-0.39, 0.29) is 0 Å². The number of pyridine rings is 1. The highest BCUT2D eigenvalue weighted by molar-refractivity contribution is 7.80. The molecular formula is C8H7ClN2S. The smallest absolute Gasteiger partial charge is 0.113 e. The van der Waals surface area contributed by atoms with Crippen molar-refractivity contribution in [2.24, 2.45) is 0 Å². The number of hydrogen-bond donors (Lipinski definition) is 1. The molecule has 0 saturated carbocycles. The largest absolute Gasteiger partial charge is 0.337 e. The first-order valence-electron chi connectivity index (χ1n) is 3.26. The van der Waals surface area contributed by atoms with Crippen molar-refractivity contribution in [3.63, 3.8) is 0 Å². The molecule has 0 fully saturated rings. The Hall–Kier alpha value is -0.930. The fraction of sp³-hybridized carbons (Fsp3) is 0. The number of nitrogens with zero attached hydrogens (tertiary/aromatic N) is 1. The SMILES string of the molecule is C=C(Cl)NC(=S)c1cccnc1. The molecule has 0 atom stereocenters. The van der Waals surface area contributed by atoms with Gasteiger partial charge in [0, 0.05) is 18.0 Å². The van der Waals surface area contributed by atoms with Crippen LogP contribution in [-0.2, 0) is 0 Å². The molecule has 2 nitrogen and oxygen atoms in total. The number of halogens is 1. The maximum absolute atomic E-state index is 5.51. The van der Waals surface area contributed by atoms with Gasteiger partial charge in [0.05, 0.1) is 5.16 Å². The first-order chi connectivity index (χ1) is 5.70. The second-order valence-electron chi connectivity index (χ2n) is 2.10. The van der Waals surface area contributed by atoms with Crippen molar-refractivity contribution in [3.05, 3.63) is 41.8 Å². The van der Waals surface area contributed by atoms with E-state index in [1.807, 2.05) is 6.07 Å². The number of rotatable bonds is 2. The zero-order valence-electron chi connectivity index (χ0n) is 6.25. The van der Waals surface area contributed by atoms with Crippen LogP contribution >= 0.6 is 23.8 Å². The molecule has 0 saturated heterocycles. The maximum atomic E-state index is 5.51. The van der Waals surface area contributed by atoms with Crippen LogP contribution in [0.15, 0.2) is 36.3 Å². The Balaban J connectivity index is 2.73. The first kappa shape index (κ1) is 9.16. The van der Waals surface area contributed by atoms with E-state index in [9.17, 15) is 0 Å². The van der Waals surface area contributed by atoms with Gasteiger partial charge in [0.1, 0.15) is 4.99 Å². The Morgan fingerprint density at radius 1 is 1.67 bits per heavy atom. The molecule has 1 heterocycles. The number of nitrogens with one attached hydrogen (secondary N) is 1. The summed E-state index contributed by atoms with van der Waals surface area (Å²) in [6.07, 6.45) is 3.34. The van der Waals surface area contributed by atoms with E-state index in [0.717, 1.165) is 5.56 Å². The monoisotopic (exact) mass is 198 g/mol. The van der Waals surface area contributed by atoms with Crippen LogP contribution in [0.1, 0.15) is 5.56 Å². The van der Waals surface area contributed by atoms with Crippen molar-refractivity contribution in [1.82, 2.24) is 10.3 Å². The normalized spacial score (nSPS) is 9.08. The van der Waals surface area contributed by atoms with Crippen LogP contribution in [0.2, 0.25) is 0 Å². The van der Waals surface area contributed by atoms with Gasteiger partial charge in [-0.15, -0.1) is 0 Å². The molecule has 0 aromatic carbocycles. The Morgan fingerprint density at radius 3 is 2.92 bits per heavy atom. The predicted molar refractivity (Wildman–Crippen MR) is 54.1 cm³/mol.